The Kier molecular flexibility index (Phi) is 4.79. The van der Waals surface area contributed by atoms with Crippen LogP contribution in [0, 0.1) is 0 Å². The second kappa shape index (κ2) is 7.59. The van der Waals surface area contributed by atoms with Gasteiger partial charge in [0.2, 0.25) is 0 Å². The number of benzene rings is 1. The van der Waals surface area contributed by atoms with Gasteiger partial charge in [0.1, 0.15) is 5.82 Å². The van der Waals surface area contributed by atoms with Gasteiger partial charge in [-0.25, -0.2) is 10.4 Å². The lowest BCUT2D eigenvalue weighted by Gasteiger charge is -2.35. The first-order chi connectivity index (χ1) is 14.2. The smallest absolute Gasteiger partial charge is 0.130 e. The Morgan fingerprint density at radius 1 is 1.21 bits per heavy atom. The summed E-state index contributed by atoms with van der Waals surface area (Å²) >= 11 is 0. The van der Waals surface area contributed by atoms with E-state index < -0.39 is 0 Å². The van der Waals surface area contributed by atoms with Crippen LogP contribution in [0.1, 0.15) is 25.1 Å². The number of nitrogen functional groups attached to an aromatic ring is 1. The van der Waals surface area contributed by atoms with E-state index in [0.717, 1.165) is 58.7 Å². The number of hydrogen-bond acceptors (Lipinski definition) is 7. The SMILES string of the molecule is C[C@@H]1COCCN1c1cc(-c2ccccc2N)c2ccnc(C3CCNN3)c2n1. The normalized spacial score (nSPS) is 22.3. The summed E-state index contributed by atoms with van der Waals surface area (Å²) in [6, 6.07) is 12.6. The molecule has 2 aromatic heterocycles. The highest BCUT2D eigenvalue weighted by molar-refractivity contribution is 5.99. The van der Waals surface area contributed by atoms with Gasteiger partial charge in [0.05, 0.1) is 36.5 Å². The summed E-state index contributed by atoms with van der Waals surface area (Å²) in [5.74, 6) is 0.951. The van der Waals surface area contributed by atoms with Crippen molar-refractivity contribution >= 4 is 22.4 Å². The molecule has 7 heteroatoms. The minimum absolute atomic E-state index is 0.143. The third kappa shape index (κ3) is 3.31. The monoisotopic (exact) mass is 390 g/mol. The summed E-state index contributed by atoms with van der Waals surface area (Å²) in [5.41, 5.74) is 17.7. The van der Waals surface area contributed by atoms with Gasteiger partial charge in [-0.1, -0.05) is 18.2 Å². The number of hydrogen-bond donors (Lipinski definition) is 3. The van der Waals surface area contributed by atoms with E-state index in [4.69, 9.17) is 20.4 Å². The molecule has 2 saturated heterocycles. The predicted octanol–water partition coefficient (Wildman–Crippen LogP) is 2.64. The highest BCUT2D eigenvalue weighted by atomic mass is 16.5. The minimum Gasteiger partial charge on any atom is -0.398 e. The number of hydrazine groups is 1. The van der Waals surface area contributed by atoms with Crippen molar-refractivity contribution in [3.05, 3.63) is 48.3 Å². The molecule has 5 rings (SSSR count). The van der Waals surface area contributed by atoms with E-state index in [2.05, 4.69) is 34.8 Å². The number of nitrogens with zero attached hydrogens (tertiary/aromatic N) is 3. The van der Waals surface area contributed by atoms with Gasteiger partial charge in [-0.05, 0) is 37.1 Å². The summed E-state index contributed by atoms with van der Waals surface area (Å²) in [4.78, 5) is 12.1. The topological polar surface area (TPSA) is 88.3 Å². The number of ether oxygens (including phenoxy) is 1. The molecular formula is C22H26N6O. The van der Waals surface area contributed by atoms with Crippen LogP contribution in [0.5, 0.6) is 0 Å². The minimum atomic E-state index is 0.143. The second-order valence-electron chi connectivity index (χ2n) is 7.74. The molecule has 29 heavy (non-hydrogen) atoms. The third-order valence-corrected chi connectivity index (χ3v) is 5.82. The van der Waals surface area contributed by atoms with Crippen LogP contribution in [-0.4, -0.2) is 42.3 Å². The van der Waals surface area contributed by atoms with Crippen LogP contribution in [-0.2, 0) is 4.74 Å². The van der Waals surface area contributed by atoms with Gasteiger partial charge in [-0.3, -0.25) is 10.4 Å². The van der Waals surface area contributed by atoms with Gasteiger partial charge in [0, 0.05) is 35.9 Å². The lowest BCUT2D eigenvalue weighted by molar-refractivity contribution is 0.0986. The van der Waals surface area contributed by atoms with Gasteiger partial charge in [0.15, 0.2) is 0 Å². The first-order valence-electron chi connectivity index (χ1n) is 10.2. The summed E-state index contributed by atoms with van der Waals surface area (Å²) < 4.78 is 5.64. The molecule has 1 aromatic carbocycles. The molecule has 150 valence electrons. The van der Waals surface area contributed by atoms with Crippen molar-refractivity contribution in [1.29, 1.82) is 0 Å². The fourth-order valence-electron chi connectivity index (χ4n) is 4.28. The van der Waals surface area contributed by atoms with E-state index in [9.17, 15) is 0 Å². The van der Waals surface area contributed by atoms with Crippen LogP contribution >= 0.6 is 0 Å². The van der Waals surface area contributed by atoms with E-state index >= 15 is 0 Å². The van der Waals surface area contributed by atoms with Crippen molar-refractivity contribution in [3.63, 3.8) is 0 Å². The maximum atomic E-state index is 6.37. The van der Waals surface area contributed by atoms with Crippen molar-refractivity contribution < 1.29 is 4.74 Å². The molecule has 2 atom stereocenters. The molecule has 2 aliphatic rings. The highest BCUT2D eigenvalue weighted by Gasteiger charge is 2.25. The van der Waals surface area contributed by atoms with Gasteiger partial charge < -0.3 is 15.4 Å². The van der Waals surface area contributed by atoms with Crippen LogP contribution in [0.4, 0.5) is 11.5 Å². The molecule has 0 bridgehead atoms. The van der Waals surface area contributed by atoms with Crippen LogP contribution in [0.3, 0.4) is 0 Å². The molecule has 4 heterocycles. The maximum absolute atomic E-state index is 6.37. The quantitative estimate of drug-likeness (QED) is 0.593. The van der Waals surface area contributed by atoms with Crippen molar-refractivity contribution in [2.75, 3.05) is 36.9 Å². The van der Waals surface area contributed by atoms with Gasteiger partial charge in [-0.2, -0.15) is 0 Å². The van der Waals surface area contributed by atoms with Crippen molar-refractivity contribution in [2.24, 2.45) is 0 Å². The fourth-order valence-corrected chi connectivity index (χ4v) is 4.28. The standard InChI is InChI=1S/C22H26N6O/c1-14-13-29-11-10-28(14)20-12-17(15-4-2-3-5-18(15)23)16-6-8-24-22(21(16)26-20)19-7-9-25-27-19/h2-6,8,12,14,19,25,27H,7,9-11,13,23H2,1H3/t14-,19?/m1/s1. The molecular weight excluding hydrogens is 364 g/mol. The molecule has 0 saturated carbocycles. The molecule has 2 aliphatic heterocycles. The van der Waals surface area contributed by atoms with E-state index in [1.807, 2.05) is 30.5 Å². The highest BCUT2D eigenvalue weighted by Crippen LogP contribution is 2.37. The molecule has 7 nitrogen and oxygen atoms in total. The molecule has 0 aliphatic carbocycles. The summed E-state index contributed by atoms with van der Waals surface area (Å²) in [5, 5.41) is 1.08. The van der Waals surface area contributed by atoms with Crippen molar-refractivity contribution in [3.8, 4) is 11.1 Å². The molecule has 1 unspecified atom stereocenters. The van der Waals surface area contributed by atoms with Gasteiger partial charge in [-0.15, -0.1) is 0 Å². The Balaban J connectivity index is 1.75. The molecule has 4 N–H and O–H groups in total. The number of anilines is 2. The number of fused-ring (bicyclic) bond motifs is 1. The first-order valence-corrected chi connectivity index (χ1v) is 10.2. The number of nitrogens with two attached hydrogens (primary N) is 1. The average Bonchev–Trinajstić information content (AvgIpc) is 3.28. The van der Waals surface area contributed by atoms with Crippen molar-refractivity contribution in [2.45, 2.75) is 25.4 Å². The zero-order valence-electron chi connectivity index (χ0n) is 16.6. The van der Waals surface area contributed by atoms with E-state index in [-0.39, 0.29) is 12.1 Å². The largest absolute Gasteiger partial charge is 0.398 e. The third-order valence-electron chi connectivity index (χ3n) is 5.82. The number of nitrogens with one attached hydrogen (secondary N) is 2. The number of aromatic nitrogens is 2. The van der Waals surface area contributed by atoms with Crippen molar-refractivity contribution in [1.82, 2.24) is 20.8 Å². The Labute approximate surface area is 170 Å². The molecule has 0 spiro atoms. The zero-order valence-corrected chi connectivity index (χ0v) is 16.6. The molecule has 0 amide bonds. The maximum Gasteiger partial charge on any atom is 0.130 e. The van der Waals surface area contributed by atoms with E-state index in [1.54, 1.807) is 0 Å². The second-order valence-corrected chi connectivity index (χ2v) is 7.74. The predicted molar refractivity (Wildman–Crippen MR) is 116 cm³/mol. The fraction of sp³-hybridized carbons (Fsp3) is 0.364. The number of morpholine rings is 1. The van der Waals surface area contributed by atoms with Crippen LogP contribution in [0.25, 0.3) is 22.0 Å². The van der Waals surface area contributed by atoms with Crippen LogP contribution in [0.2, 0.25) is 0 Å². The van der Waals surface area contributed by atoms with Crippen LogP contribution in [0.15, 0.2) is 42.6 Å². The lowest BCUT2D eigenvalue weighted by atomic mass is 9.97. The van der Waals surface area contributed by atoms with Gasteiger partial charge in [0.25, 0.3) is 0 Å². The van der Waals surface area contributed by atoms with E-state index in [1.165, 1.54) is 0 Å². The Morgan fingerprint density at radius 3 is 2.90 bits per heavy atom. The number of rotatable bonds is 3. The van der Waals surface area contributed by atoms with Gasteiger partial charge >= 0.3 is 0 Å². The summed E-state index contributed by atoms with van der Waals surface area (Å²) in [7, 11) is 0. The molecule has 2 fully saturated rings. The summed E-state index contributed by atoms with van der Waals surface area (Å²) in [6.07, 6.45) is 2.85. The number of para-hydroxylation sites is 1. The Hall–Kier alpha value is -2.74. The number of pyridine rings is 2. The summed E-state index contributed by atoms with van der Waals surface area (Å²) in [6.45, 7) is 5.33. The lowest BCUT2D eigenvalue weighted by Crippen LogP contribution is -2.44. The first kappa shape index (κ1) is 18.3. The zero-order chi connectivity index (χ0) is 19.8. The molecule has 0 radical (unpaired) electrons. The Morgan fingerprint density at radius 2 is 2.10 bits per heavy atom. The van der Waals surface area contributed by atoms with Crippen LogP contribution < -0.4 is 21.5 Å². The average molecular weight is 390 g/mol. The molecule has 3 aromatic rings. The Bertz CT molecular complexity index is 1030. The van der Waals surface area contributed by atoms with E-state index in [0.29, 0.717) is 13.2 Å².